The average Bonchev–Trinajstić information content (AvgIpc) is 3.33. The highest BCUT2D eigenvalue weighted by Gasteiger charge is 2.27. The average molecular weight is 395 g/mol. The molecule has 3 rings (SSSR count). The van der Waals surface area contributed by atoms with Crippen LogP contribution in [0.2, 0.25) is 0 Å². The summed E-state index contributed by atoms with van der Waals surface area (Å²) in [6.45, 7) is 0. The fourth-order valence-electron chi connectivity index (χ4n) is 2.03. The number of amides is 1. The lowest BCUT2D eigenvalue weighted by Gasteiger charge is -2.08. The van der Waals surface area contributed by atoms with Crippen LogP contribution in [0.4, 0.5) is 5.69 Å². The minimum absolute atomic E-state index is 0.0541. The Labute approximate surface area is 143 Å². The first-order chi connectivity index (χ1) is 11.0. The number of rotatable bonds is 5. The van der Waals surface area contributed by atoms with Crippen LogP contribution < -0.4 is 10.0 Å². The van der Waals surface area contributed by atoms with Crippen LogP contribution in [0.15, 0.2) is 57.9 Å². The van der Waals surface area contributed by atoms with Crippen molar-refractivity contribution in [3.63, 3.8) is 0 Å². The summed E-state index contributed by atoms with van der Waals surface area (Å²) in [7, 11) is -3.49. The van der Waals surface area contributed by atoms with Crippen molar-refractivity contribution in [1.29, 1.82) is 0 Å². The largest absolute Gasteiger partial charge is 0.321 e. The number of nitrogens with one attached hydrogen (secondary N) is 2. The summed E-state index contributed by atoms with van der Waals surface area (Å²) in [5.74, 6) is -0.295. The molecular formula is C16H15BrN2O3S. The van der Waals surface area contributed by atoms with Gasteiger partial charge in [0.2, 0.25) is 10.0 Å². The number of halogens is 1. The zero-order valence-electron chi connectivity index (χ0n) is 12.1. The topological polar surface area (TPSA) is 75.3 Å². The monoisotopic (exact) mass is 394 g/mol. The van der Waals surface area contributed by atoms with Crippen molar-refractivity contribution in [1.82, 2.24) is 4.72 Å². The summed E-state index contributed by atoms with van der Waals surface area (Å²) in [6, 6.07) is 13.2. The van der Waals surface area contributed by atoms with Gasteiger partial charge in [-0.3, -0.25) is 4.79 Å². The number of anilines is 1. The van der Waals surface area contributed by atoms with Gasteiger partial charge in [0.15, 0.2) is 0 Å². The molecule has 120 valence electrons. The van der Waals surface area contributed by atoms with Crippen molar-refractivity contribution in [2.45, 2.75) is 23.8 Å². The fourth-order valence-corrected chi connectivity index (χ4v) is 3.72. The third kappa shape index (κ3) is 3.99. The molecule has 1 saturated carbocycles. The van der Waals surface area contributed by atoms with Gasteiger partial charge in [-0.1, -0.05) is 12.1 Å². The minimum Gasteiger partial charge on any atom is -0.321 e. The molecule has 0 aliphatic heterocycles. The Morgan fingerprint density at radius 1 is 1.04 bits per heavy atom. The van der Waals surface area contributed by atoms with E-state index in [1.54, 1.807) is 6.07 Å². The third-order valence-electron chi connectivity index (χ3n) is 3.45. The van der Waals surface area contributed by atoms with E-state index in [0.717, 1.165) is 17.3 Å². The van der Waals surface area contributed by atoms with Crippen molar-refractivity contribution in [2.75, 3.05) is 5.32 Å². The molecule has 2 aromatic rings. The van der Waals surface area contributed by atoms with Crippen molar-refractivity contribution in [3.8, 4) is 0 Å². The van der Waals surface area contributed by atoms with Crippen molar-refractivity contribution < 1.29 is 13.2 Å². The maximum absolute atomic E-state index is 12.2. The smallest absolute Gasteiger partial charge is 0.255 e. The molecule has 23 heavy (non-hydrogen) atoms. The van der Waals surface area contributed by atoms with E-state index in [0.29, 0.717) is 11.3 Å². The van der Waals surface area contributed by atoms with E-state index in [1.807, 2.05) is 18.2 Å². The van der Waals surface area contributed by atoms with E-state index < -0.39 is 10.0 Å². The highest BCUT2D eigenvalue weighted by Crippen LogP contribution is 2.23. The molecule has 0 radical (unpaired) electrons. The van der Waals surface area contributed by atoms with Gasteiger partial charge in [0.25, 0.3) is 5.91 Å². The van der Waals surface area contributed by atoms with Crippen LogP contribution in [-0.4, -0.2) is 20.4 Å². The van der Waals surface area contributed by atoms with Gasteiger partial charge >= 0.3 is 0 Å². The molecule has 0 unspecified atom stereocenters. The van der Waals surface area contributed by atoms with E-state index in [9.17, 15) is 13.2 Å². The second-order valence-corrected chi connectivity index (χ2v) is 7.92. The summed E-state index contributed by atoms with van der Waals surface area (Å²) in [5.41, 5.74) is 1.05. The maximum atomic E-state index is 12.2. The minimum atomic E-state index is -3.49. The lowest BCUT2D eigenvalue weighted by molar-refractivity contribution is 0.102. The predicted molar refractivity (Wildman–Crippen MR) is 91.9 cm³/mol. The van der Waals surface area contributed by atoms with Crippen LogP contribution in [0.25, 0.3) is 0 Å². The van der Waals surface area contributed by atoms with Crippen LogP contribution in [-0.2, 0) is 10.0 Å². The quantitative estimate of drug-likeness (QED) is 0.817. The number of hydrogen-bond donors (Lipinski definition) is 2. The summed E-state index contributed by atoms with van der Waals surface area (Å²) < 4.78 is 27.5. The molecule has 1 amide bonds. The molecule has 0 aromatic heterocycles. The van der Waals surface area contributed by atoms with E-state index in [2.05, 4.69) is 26.0 Å². The molecule has 2 N–H and O–H groups in total. The first-order valence-electron chi connectivity index (χ1n) is 7.14. The highest BCUT2D eigenvalue weighted by molar-refractivity contribution is 9.10. The van der Waals surface area contributed by atoms with Crippen molar-refractivity contribution >= 4 is 37.5 Å². The Morgan fingerprint density at radius 2 is 1.70 bits per heavy atom. The Hall–Kier alpha value is -1.70. The maximum Gasteiger partial charge on any atom is 0.255 e. The third-order valence-corrected chi connectivity index (χ3v) is 5.68. The Kier molecular flexibility index (Phi) is 4.52. The molecule has 0 bridgehead atoms. The van der Waals surface area contributed by atoms with E-state index in [1.165, 1.54) is 24.3 Å². The molecule has 2 aromatic carbocycles. The molecule has 0 atom stereocenters. The summed E-state index contributed by atoms with van der Waals surface area (Å²) in [4.78, 5) is 12.4. The molecule has 1 fully saturated rings. The predicted octanol–water partition coefficient (Wildman–Crippen LogP) is 3.14. The Morgan fingerprint density at radius 3 is 2.30 bits per heavy atom. The molecule has 1 aliphatic carbocycles. The number of para-hydroxylation sites is 1. The SMILES string of the molecule is O=C(Nc1ccccc1Br)c1ccc(S(=O)(=O)NC2CC2)cc1. The highest BCUT2D eigenvalue weighted by atomic mass is 79.9. The van der Waals surface area contributed by atoms with Gasteiger partial charge in [-0.05, 0) is 65.2 Å². The fraction of sp³-hybridized carbons (Fsp3) is 0.188. The second kappa shape index (κ2) is 6.43. The van der Waals surface area contributed by atoms with Crippen LogP contribution in [0.5, 0.6) is 0 Å². The number of sulfonamides is 1. The number of benzene rings is 2. The zero-order chi connectivity index (χ0) is 16.4. The zero-order valence-corrected chi connectivity index (χ0v) is 14.5. The van der Waals surface area contributed by atoms with Crippen molar-refractivity contribution in [2.24, 2.45) is 0 Å². The van der Waals surface area contributed by atoms with E-state index >= 15 is 0 Å². The summed E-state index contributed by atoms with van der Waals surface area (Å²) in [5, 5.41) is 2.78. The normalized spacial score (nSPS) is 14.5. The van der Waals surface area contributed by atoms with Crippen LogP contribution in [0.1, 0.15) is 23.2 Å². The van der Waals surface area contributed by atoms with Gasteiger partial charge < -0.3 is 5.32 Å². The van der Waals surface area contributed by atoms with Gasteiger partial charge in [-0.2, -0.15) is 0 Å². The standard InChI is InChI=1S/C16H15BrN2O3S/c17-14-3-1-2-4-15(14)18-16(20)11-5-9-13(10-6-11)23(21,22)19-12-7-8-12/h1-6,9-10,12,19H,7-8H2,(H,18,20). The first-order valence-corrected chi connectivity index (χ1v) is 9.41. The molecule has 5 nitrogen and oxygen atoms in total. The number of carbonyl (C=O) groups is 1. The van der Waals surface area contributed by atoms with Gasteiger partial charge in [-0.15, -0.1) is 0 Å². The molecule has 0 heterocycles. The molecular weight excluding hydrogens is 380 g/mol. The summed E-state index contributed by atoms with van der Waals surface area (Å²) in [6.07, 6.45) is 1.76. The van der Waals surface area contributed by atoms with Crippen molar-refractivity contribution in [3.05, 3.63) is 58.6 Å². The van der Waals surface area contributed by atoms with E-state index in [4.69, 9.17) is 0 Å². The van der Waals surface area contributed by atoms with Gasteiger partial charge in [0, 0.05) is 16.1 Å². The van der Waals surface area contributed by atoms with Gasteiger partial charge in [0.05, 0.1) is 10.6 Å². The first kappa shape index (κ1) is 16.2. The van der Waals surface area contributed by atoms with Gasteiger partial charge in [0.1, 0.15) is 0 Å². The molecule has 1 aliphatic rings. The Bertz CT molecular complexity index is 831. The molecule has 0 spiro atoms. The van der Waals surface area contributed by atoms with E-state index in [-0.39, 0.29) is 16.8 Å². The lowest BCUT2D eigenvalue weighted by atomic mass is 10.2. The second-order valence-electron chi connectivity index (χ2n) is 5.35. The van der Waals surface area contributed by atoms with Gasteiger partial charge in [-0.25, -0.2) is 13.1 Å². The number of hydrogen-bond acceptors (Lipinski definition) is 3. The lowest BCUT2D eigenvalue weighted by Crippen LogP contribution is -2.25. The van der Waals surface area contributed by atoms with Crippen LogP contribution in [0.3, 0.4) is 0 Å². The van der Waals surface area contributed by atoms with Crippen LogP contribution >= 0.6 is 15.9 Å². The summed E-state index contributed by atoms with van der Waals surface area (Å²) >= 11 is 3.36. The molecule has 7 heteroatoms. The number of carbonyl (C=O) groups excluding carboxylic acids is 1. The molecule has 0 saturated heterocycles. The Balaban J connectivity index is 1.74. The van der Waals surface area contributed by atoms with Crippen LogP contribution in [0, 0.1) is 0 Å².